The van der Waals surface area contributed by atoms with Crippen LogP contribution in [0.1, 0.15) is 40.0 Å². The van der Waals surface area contributed by atoms with Crippen molar-refractivity contribution in [2.45, 2.75) is 40.0 Å². The van der Waals surface area contributed by atoms with E-state index < -0.39 is 0 Å². The zero-order valence-electron chi connectivity index (χ0n) is 8.01. The Morgan fingerprint density at radius 2 is 2.00 bits per heavy atom. The Morgan fingerprint density at radius 3 is 2.45 bits per heavy atom. The zero-order chi connectivity index (χ0) is 8.53. The number of hydrogen-bond donors (Lipinski definition) is 0. The molecule has 0 amide bonds. The molecule has 0 N–H and O–H groups in total. The molecule has 1 unspecified atom stereocenters. The molecule has 0 spiro atoms. The molecule has 1 rings (SSSR count). The van der Waals surface area contributed by atoms with Gasteiger partial charge in [0.15, 0.2) is 0 Å². The van der Waals surface area contributed by atoms with Crippen LogP contribution in [0.4, 0.5) is 0 Å². The van der Waals surface area contributed by atoms with Gasteiger partial charge >= 0.3 is 0 Å². The maximum atomic E-state index is 2.31. The van der Waals surface area contributed by atoms with E-state index in [0.717, 1.165) is 5.92 Å². The molecule has 0 heterocycles. The van der Waals surface area contributed by atoms with Gasteiger partial charge in [0.05, 0.1) is 0 Å². The summed E-state index contributed by atoms with van der Waals surface area (Å²) in [6, 6.07) is 0. The number of allylic oxidation sites excluding steroid dienone is 4. The highest BCUT2D eigenvalue weighted by molar-refractivity contribution is 5.10. The summed E-state index contributed by atoms with van der Waals surface area (Å²) < 4.78 is 0. The molecule has 0 aliphatic heterocycles. The van der Waals surface area contributed by atoms with Gasteiger partial charge in [0, 0.05) is 0 Å². The average molecular weight is 152 g/mol. The van der Waals surface area contributed by atoms with Crippen molar-refractivity contribution in [2.24, 2.45) is 5.92 Å². The fourth-order valence-corrected chi connectivity index (χ4v) is 1.22. The standard InChI is InChI=1S/C9H14.C2H6/c1-2-6-9-7-4-3-5-8-9;1-2/h3-5,7,9H,2,6,8H2,1H3;1-2H3. The topological polar surface area (TPSA) is 0 Å². The van der Waals surface area contributed by atoms with Crippen molar-refractivity contribution in [2.75, 3.05) is 0 Å². The lowest BCUT2D eigenvalue weighted by Gasteiger charge is -2.09. The first-order valence-corrected chi connectivity index (χ1v) is 4.77. The van der Waals surface area contributed by atoms with E-state index in [1.165, 1.54) is 19.3 Å². The van der Waals surface area contributed by atoms with Crippen LogP contribution in [-0.2, 0) is 0 Å². The van der Waals surface area contributed by atoms with Crippen molar-refractivity contribution >= 4 is 0 Å². The van der Waals surface area contributed by atoms with Crippen LogP contribution in [0, 0.1) is 5.92 Å². The number of rotatable bonds is 2. The third-order valence-electron chi connectivity index (χ3n) is 1.73. The molecule has 11 heavy (non-hydrogen) atoms. The van der Waals surface area contributed by atoms with E-state index in [4.69, 9.17) is 0 Å². The smallest absolute Gasteiger partial charge is 0.0196 e. The molecule has 0 bridgehead atoms. The lowest BCUT2D eigenvalue weighted by atomic mass is 9.96. The summed E-state index contributed by atoms with van der Waals surface area (Å²) in [7, 11) is 0. The summed E-state index contributed by atoms with van der Waals surface area (Å²) in [6.07, 6.45) is 12.8. The zero-order valence-corrected chi connectivity index (χ0v) is 8.01. The van der Waals surface area contributed by atoms with Crippen LogP contribution in [0.3, 0.4) is 0 Å². The molecule has 1 atom stereocenters. The van der Waals surface area contributed by atoms with Crippen LogP contribution in [0.2, 0.25) is 0 Å². The first-order chi connectivity index (χ1) is 5.43. The van der Waals surface area contributed by atoms with E-state index in [1.54, 1.807) is 0 Å². The van der Waals surface area contributed by atoms with Crippen molar-refractivity contribution in [3.05, 3.63) is 24.3 Å². The largest absolute Gasteiger partial charge is 0.0840 e. The van der Waals surface area contributed by atoms with Crippen LogP contribution in [-0.4, -0.2) is 0 Å². The van der Waals surface area contributed by atoms with Crippen LogP contribution in [0.15, 0.2) is 24.3 Å². The maximum absolute atomic E-state index is 2.31. The fraction of sp³-hybridized carbons (Fsp3) is 0.636. The Hall–Kier alpha value is -0.520. The SMILES string of the molecule is CC.CCCC1C=CC=CC1. The highest BCUT2D eigenvalue weighted by atomic mass is 14.1. The molecular formula is C11H20. The molecule has 0 aromatic heterocycles. The molecule has 0 fully saturated rings. The van der Waals surface area contributed by atoms with Gasteiger partial charge < -0.3 is 0 Å². The maximum Gasteiger partial charge on any atom is -0.0196 e. The molecule has 1 aliphatic carbocycles. The Kier molecular flexibility index (Phi) is 7.23. The van der Waals surface area contributed by atoms with Crippen molar-refractivity contribution in [1.82, 2.24) is 0 Å². The van der Waals surface area contributed by atoms with Crippen molar-refractivity contribution < 1.29 is 0 Å². The monoisotopic (exact) mass is 152 g/mol. The summed E-state index contributed by atoms with van der Waals surface area (Å²) >= 11 is 0. The van der Waals surface area contributed by atoms with Crippen LogP contribution < -0.4 is 0 Å². The molecule has 0 heteroatoms. The van der Waals surface area contributed by atoms with Gasteiger partial charge in [-0.25, -0.2) is 0 Å². The van der Waals surface area contributed by atoms with Gasteiger partial charge in [-0.15, -0.1) is 0 Å². The van der Waals surface area contributed by atoms with Crippen LogP contribution in [0.5, 0.6) is 0 Å². The molecule has 0 saturated heterocycles. The second kappa shape index (κ2) is 7.59. The quantitative estimate of drug-likeness (QED) is 0.562. The Labute approximate surface area is 71.0 Å². The van der Waals surface area contributed by atoms with E-state index >= 15 is 0 Å². The first-order valence-electron chi connectivity index (χ1n) is 4.77. The van der Waals surface area contributed by atoms with E-state index in [-0.39, 0.29) is 0 Å². The van der Waals surface area contributed by atoms with Gasteiger partial charge in [0.25, 0.3) is 0 Å². The summed E-state index contributed by atoms with van der Waals surface area (Å²) in [5, 5.41) is 0. The van der Waals surface area contributed by atoms with Crippen LogP contribution in [0.25, 0.3) is 0 Å². The lowest BCUT2D eigenvalue weighted by Crippen LogP contribution is -1.95. The van der Waals surface area contributed by atoms with Gasteiger partial charge in [-0.05, 0) is 18.8 Å². The van der Waals surface area contributed by atoms with Gasteiger partial charge in [0.2, 0.25) is 0 Å². The summed E-state index contributed by atoms with van der Waals surface area (Å²) in [4.78, 5) is 0. The minimum atomic E-state index is 0.833. The minimum Gasteiger partial charge on any atom is -0.0840 e. The highest BCUT2D eigenvalue weighted by Crippen LogP contribution is 2.16. The van der Waals surface area contributed by atoms with Gasteiger partial charge in [-0.3, -0.25) is 0 Å². The van der Waals surface area contributed by atoms with Gasteiger partial charge in [0.1, 0.15) is 0 Å². The van der Waals surface area contributed by atoms with Crippen molar-refractivity contribution in [3.63, 3.8) is 0 Å². The molecule has 0 radical (unpaired) electrons. The summed E-state index contributed by atoms with van der Waals surface area (Å²) in [5.41, 5.74) is 0. The predicted molar refractivity (Wildman–Crippen MR) is 52.6 cm³/mol. The molecule has 64 valence electrons. The predicted octanol–water partition coefficient (Wildman–Crippen LogP) is 3.95. The van der Waals surface area contributed by atoms with E-state index in [2.05, 4.69) is 31.2 Å². The molecule has 0 aromatic carbocycles. The highest BCUT2D eigenvalue weighted by Gasteiger charge is 2.01. The normalized spacial score (nSPS) is 20.8. The van der Waals surface area contributed by atoms with E-state index in [1.807, 2.05) is 13.8 Å². The van der Waals surface area contributed by atoms with Gasteiger partial charge in [-0.1, -0.05) is 51.5 Å². The van der Waals surface area contributed by atoms with Crippen LogP contribution >= 0.6 is 0 Å². The Morgan fingerprint density at radius 1 is 1.27 bits per heavy atom. The second-order valence-electron chi connectivity index (χ2n) is 2.60. The second-order valence-corrected chi connectivity index (χ2v) is 2.60. The lowest BCUT2D eigenvalue weighted by molar-refractivity contribution is 0.584. The van der Waals surface area contributed by atoms with Crippen molar-refractivity contribution in [3.8, 4) is 0 Å². The van der Waals surface area contributed by atoms with E-state index in [9.17, 15) is 0 Å². The van der Waals surface area contributed by atoms with E-state index in [0.29, 0.717) is 0 Å². The first kappa shape index (κ1) is 10.5. The third kappa shape index (κ3) is 4.83. The Balaban J connectivity index is 0.000000461. The average Bonchev–Trinajstić information content (AvgIpc) is 2.11. The molecule has 0 nitrogen and oxygen atoms in total. The fourth-order valence-electron chi connectivity index (χ4n) is 1.22. The molecular weight excluding hydrogens is 132 g/mol. The molecule has 0 saturated carbocycles. The van der Waals surface area contributed by atoms with Gasteiger partial charge in [-0.2, -0.15) is 0 Å². The minimum absolute atomic E-state index is 0.833. The number of hydrogen-bond acceptors (Lipinski definition) is 0. The summed E-state index contributed by atoms with van der Waals surface area (Å²) in [6.45, 7) is 6.24. The Bertz CT molecular complexity index is 120. The molecule has 1 aliphatic rings. The molecule has 0 aromatic rings. The third-order valence-corrected chi connectivity index (χ3v) is 1.73. The van der Waals surface area contributed by atoms with Crippen molar-refractivity contribution in [1.29, 1.82) is 0 Å². The summed E-state index contributed by atoms with van der Waals surface area (Å²) in [5.74, 6) is 0.833.